The number of hydrogen-bond donors (Lipinski definition) is 3. The number of halogens is 1. The van der Waals surface area contributed by atoms with Gasteiger partial charge in [0, 0.05) is 17.0 Å². The summed E-state index contributed by atoms with van der Waals surface area (Å²) in [7, 11) is 0. The zero-order valence-electron chi connectivity index (χ0n) is 22.0. The molecule has 1 unspecified atom stereocenters. The van der Waals surface area contributed by atoms with E-state index in [9.17, 15) is 19.4 Å². The van der Waals surface area contributed by atoms with E-state index in [-0.39, 0.29) is 29.6 Å². The first-order chi connectivity index (χ1) is 17.5. The Morgan fingerprint density at radius 2 is 1.86 bits per heavy atom. The molecule has 198 valence electrons. The van der Waals surface area contributed by atoms with Crippen LogP contribution in [-0.4, -0.2) is 47.2 Å². The van der Waals surface area contributed by atoms with E-state index in [0.29, 0.717) is 23.4 Å². The molecule has 0 saturated carbocycles. The zero-order valence-corrected chi connectivity index (χ0v) is 22.9. The van der Waals surface area contributed by atoms with Crippen molar-refractivity contribution in [1.29, 1.82) is 0 Å². The molecule has 0 amide bonds. The minimum atomic E-state index is -0.944. The molecule has 3 aromatic rings. The molecular formula is C30H36FNO4S. The summed E-state index contributed by atoms with van der Waals surface area (Å²) in [4.78, 5) is 12.0. The predicted molar refractivity (Wildman–Crippen MR) is 148 cm³/mol. The quantitative estimate of drug-likeness (QED) is 0.242. The molecule has 5 nitrogen and oxygen atoms in total. The summed E-state index contributed by atoms with van der Waals surface area (Å²) in [6.07, 6.45) is 1.47. The average Bonchev–Trinajstić information content (AvgIpc) is 2.85. The highest BCUT2D eigenvalue weighted by Crippen LogP contribution is 2.31. The topological polar surface area (TPSA) is 78.8 Å². The molecule has 0 aliphatic heterocycles. The molecular weight excluding hydrogens is 489 g/mol. The maximum absolute atomic E-state index is 14.1. The summed E-state index contributed by atoms with van der Waals surface area (Å²) in [5, 5.41) is 23.3. The number of aliphatic hydroxyl groups excluding tert-OH is 1. The number of hydrogen-bond acceptors (Lipinski definition) is 5. The van der Waals surface area contributed by atoms with E-state index in [1.807, 2.05) is 69.5 Å². The first-order valence-corrected chi connectivity index (χ1v) is 13.5. The second kappa shape index (κ2) is 12.7. The molecule has 0 spiro atoms. The third-order valence-electron chi connectivity index (χ3n) is 6.38. The molecule has 7 heteroatoms. The zero-order chi connectivity index (χ0) is 27.2. The van der Waals surface area contributed by atoms with Gasteiger partial charge in [0.1, 0.15) is 5.82 Å². The number of carboxylic acid groups (broad SMARTS) is 1. The van der Waals surface area contributed by atoms with Crippen LogP contribution < -0.4 is 5.32 Å². The highest BCUT2D eigenvalue weighted by atomic mass is 32.2. The number of nitrogens with one attached hydrogen (secondary N) is 1. The van der Waals surface area contributed by atoms with Crippen LogP contribution in [0.5, 0.6) is 0 Å². The van der Waals surface area contributed by atoms with Gasteiger partial charge in [0.15, 0.2) is 0 Å². The van der Waals surface area contributed by atoms with Gasteiger partial charge in [-0.2, -0.15) is 0 Å². The Balaban J connectivity index is 1.58. The van der Waals surface area contributed by atoms with Crippen LogP contribution in [0.15, 0.2) is 65.6 Å². The smallest absolute Gasteiger partial charge is 0.335 e. The van der Waals surface area contributed by atoms with Crippen LogP contribution in [0.1, 0.15) is 53.9 Å². The fourth-order valence-corrected chi connectivity index (χ4v) is 4.83. The molecule has 0 saturated heterocycles. The summed E-state index contributed by atoms with van der Waals surface area (Å²) in [5.74, 6) is -1.16. The largest absolute Gasteiger partial charge is 0.478 e. The third-order valence-corrected chi connectivity index (χ3v) is 7.15. The van der Waals surface area contributed by atoms with Gasteiger partial charge in [-0.3, -0.25) is 0 Å². The molecule has 0 aliphatic carbocycles. The number of β-amino-alcohol motifs (C(OH)–C–C–N with tert-alkyl or cyclic N) is 1. The summed E-state index contributed by atoms with van der Waals surface area (Å²) in [5.41, 5.74) is 4.37. The summed E-state index contributed by atoms with van der Waals surface area (Å²) >= 11 is 1.38. The number of carboxylic acids is 1. The Hall–Kier alpha value is -2.71. The highest BCUT2D eigenvalue weighted by molar-refractivity contribution is 7.98. The number of aromatic carboxylic acids is 1. The minimum Gasteiger partial charge on any atom is -0.478 e. The normalized spacial score (nSPS) is 13.4. The Labute approximate surface area is 223 Å². The number of carbonyl (C=O) groups is 1. The molecule has 0 bridgehead atoms. The Morgan fingerprint density at radius 1 is 1.14 bits per heavy atom. The fourth-order valence-electron chi connectivity index (χ4n) is 4.38. The van der Waals surface area contributed by atoms with Crippen molar-refractivity contribution in [3.8, 4) is 11.1 Å². The van der Waals surface area contributed by atoms with Gasteiger partial charge in [0.25, 0.3) is 0 Å². The summed E-state index contributed by atoms with van der Waals surface area (Å²) in [6, 6.07) is 18.5. The molecule has 3 rings (SSSR count). The maximum Gasteiger partial charge on any atom is 0.335 e. The van der Waals surface area contributed by atoms with Crippen molar-refractivity contribution in [2.75, 3.05) is 19.4 Å². The lowest BCUT2D eigenvalue weighted by Gasteiger charge is -2.28. The Bertz CT molecular complexity index is 1230. The fraction of sp³-hybridized carbons (Fsp3) is 0.367. The van der Waals surface area contributed by atoms with Crippen LogP contribution in [0.3, 0.4) is 0 Å². The van der Waals surface area contributed by atoms with Crippen LogP contribution in [0.4, 0.5) is 4.39 Å². The van der Waals surface area contributed by atoms with Crippen molar-refractivity contribution in [3.05, 3.63) is 88.7 Å². The van der Waals surface area contributed by atoms with Gasteiger partial charge in [-0.25, -0.2) is 9.18 Å². The molecule has 0 aromatic heterocycles. The average molecular weight is 526 g/mol. The number of benzene rings is 3. The Kier molecular flexibility index (Phi) is 9.90. The van der Waals surface area contributed by atoms with E-state index in [1.54, 1.807) is 25.1 Å². The van der Waals surface area contributed by atoms with Crippen molar-refractivity contribution in [1.82, 2.24) is 5.32 Å². The second-order valence-electron chi connectivity index (χ2n) is 9.96. The van der Waals surface area contributed by atoms with Gasteiger partial charge in [-0.1, -0.05) is 42.5 Å². The first kappa shape index (κ1) is 28.9. The van der Waals surface area contributed by atoms with Crippen molar-refractivity contribution in [2.45, 2.75) is 56.8 Å². The predicted octanol–water partition coefficient (Wildman–Crippen LogP) is 6.27. The summed E-state index contributed by atoms with van der Waals surface area (Å²) in [6.45, 7) is 8.26. The molecule has 3 N–H and O–H groups in total. The van der Waals surface area contributed by atoms with Gasteiger partial charge in [-0.15, -0.1) is 11.8 Å². The van der Waals surface area contributed by atoms with Crippen molar-refractivity contribution in [2.24, 2.45) is 0 Å². The van der Waals surface area contributed by atoms with Gasteiger partial charge < -0.3 is 20.3 Å². The van der Waals surface area contributed by atoms with E-state index in [0.717, 1.165) is 22.3 Å². The molecule has 0 aliphatic rings. The number of aryl methyl sites for hydroxylation is 1. The van der Waals surface area contributed by atoms with Gasteiger partial charge in [0.2, 0.25) is 0 Å². The Morgan fingerprint density at radius 3 is 2.51 bits per heavy atom. The van der Waals surface area contributed by atoms with Crippen molar-refractivity contribution in [3.63, 3.8) is 0 Å². The van der Waals surface area contributed by atoms with Crippen molar-refractivity contribution >= 4 is 17.7 Å². The van der Waals surface area contributed by atoms with Gasteiger partial charge in [-0.05, 0) is 86.4 Å². The van der Waals surface area contributed by atoms with E-state index in [4.69, 9.17) is 4.74 Å². The highest BCUT2D eigenvalue weighted by Gasteiger charge is 2.21. The number of ether oxygens (including phenoxy) is 1. The number of rotatable bonds is 12. The van der Waals surface area contributed by atoms with E-state index >= 15 is 0 Å². The minimum absolute atomic E-state index is 0.145. The molecule has 0 heterocycles. The lowest BCUT2D eigenvalue weighted by Crippen LogP contribution is -2.46. The van der Waals surface area contributed by atoms with Crippen molar-refractivity contribution < 1.29 is 24.1 Å². The molecule has 0 radical (unpaired) electrons. The van der Waals surface area contributed by atoms with E-state index in [2.05, 4.69) is 5.32 Å². The first-order valence-electron chi connectivity index (χ1n) is 12.3. The third kappa shape index (κ3) is 7.89. The van der Waals surface area contributed by atoms with E-state index in [1.165, 1.54) is 11.8 Å². The molecule has 3 aromatic carbocycles. The lowest BCUT2D eigenvalue weighted by molar-refractivity contribution is -0.00397. The summed E-state index contributed by atoms with van der Waals surface area (Å²) < 4.78 is 20.2. The van der Waals surface area contributed by atoms with Crippen LogP contribution in [0.2, 0.25) is 0 Å². The monoisotopic (exact) mass is 525 g/mol. The van der Waals surface area contributed by atoms with Crippen LogP contribution >= 0.6 is 11.8 Å². The standard InChI is InChI=1S/C30H36FNO4S/c1-19-14-22(11-12-24(19)29(34)35)26-9-7-6-8-25(26)20(2)36-18-23(33)17-32-30(3,4)16-21-10-13-28(37-5)27(31)15-21/h6-15,20,23,32-33H,16-18H2,1-5H3,(H,34,35)/t20?,23-/m1/s1. The second-order valence-corrected chi connectivity index (χ2v) is 10.8. The van der Waals surface area contributed by atoms with E-state index < -0.39 is 12.1 Å². The van der Waals surface area contributed by atoms with Crippen LogP contribution in [0, 0.1) is 12.7 Å². The van der Waals surface area contributed by atoms with Gasteiger partial charge in [0.05, 0.1) is 24.4 Å². The van der Waals surface area contributed by atoms with Crippen LogP contribution in [-0.2, 0) is 11.2 Å². The molecule has 2 atom stereocenters. The maximum atomic E-state index is 14.1. The lowest BCUT2D eigenvalue weighted by atomic mass is 9.94. The SMILES string of the molecule is CSc1ccc(CC(C)(C)NC[C@@H](O)COC(C)c2ccccc2-c2ccc(C(=O)O)c(C)c2)cc1F. The molecule has 37 heavy (non-hydrogen) atoms. The van der Waals surface area contributed by atoms with Crippen LogP contribution in [0.25, 0.3) is 11.1 Å². The molecule has 0 fully saturated rings. The van der Waals surface area contributed by atoms with Gasteiger partial charge >= 0.3 is 5.97 Å². The number of thioether (sulfide) groups is 1. The number of aliphatic hydroxyl groups is 1.